The van der Waals surface area contributed by atoms with Crippen molar-refractivity contribution in [2.45, 2.75) is 20.8 Å². The Morgan fingerprint density at radius 1 is 1.00 bits per heavy atom. The SMILES string of the molecule is Cc1ccc([O-])c(C)c1C.[Li+]. The van der Waals surface area contributed by atoms with E-state index >= 15 is 0 Å². The topological polar surface area (TPSA) is 23.1 Å². The van der Waals surface area contributed by atoms with Gasteiger partial charge >= 0.3 is 18.9 Å². The Balaban J connectivity index is 0.000001000. The van der Waals surface area contributed by atoms with Gasteiger partial charge in [-0.25, -0.2) is 0 Å². The summed E-state index contributed by atoms with van der Waals surface area (Å²) >= 11 is 0. The number of hydrogen-bond donors (Lipinski definition) is 0. The maximum atomic E-state index is 11.0. The third-order valence-corrected chi connectivity index (χ3v) is 2.01. The predicted molar refractivity (Wildman–Crippen MR) is 40.1 cm³/mol. The van der Waals surface area contributed by atoms with Crippen LogP contribution in [0.3, 0.4) is 0 Å². The van der Waals surface area contributed by atoms with Gasteiger partial charge < -0.3 is 5.11 Å². The van der Waals surface area contributed by atoms with Gasteiger partial charge in [-0.1, -0.05) is 17.7 Å². The van der Waals surface area contributed by atoms with Crippen LogP contribution < -0.4 is 24.0 Å². The minimum absolute atomic E-state index is 0. The third kappa shape index (κ3) is 2.02. The van der Waals surface area contributed by atoms with E-state index < -0.39 is 0 Å². The fourth-order valence-corrected chi connectivity index (χ4v) is 0.931. The van der Waals surface area contributed by atoms with E-state index in [0.717, 1.165) is 11.1 Å². The second-order valence-corrected chi connectivity index (χ2v) is 2.63. The summed E-state index contributed by atoms with van der Waals surface area (Å²) in [6.07, 6.45) is 0. The summed E-state index contributed by atoms with van der Waals surface area (Å²) in [7, 11) is 0. The van der Waals surface area contributed by atoms with Gasteiger partial charge in [-0.05, 0) is 31.9 Å². The molecule has 0 heterocycles. The van der Waals surface area contributed by atoms with Gasteiger partial charge in [0.05, 0.1) is 0 Å². The molecule has 0 bridgehead atoms. The number of benzene rings is 1. The fourth-order valence-electron chi connectivity index (χ4n) is 0.931. The van der Waals surface area contributed by atoms with Crippen molar-refractivity contribution in [3.8, 4) is 5.75 Å². The Morgan fingerprint density at radius 3 is 2.00 bits per heavy atom. The van der Waals surface area contributed by atoms with Gasteiger partial charge in [0, 0.05) is 0 Å². The largest absolute Gasteiger partial charge is 1.00 e. The van der Waals surface area contributed by atoms with Crippen molar-refractivity contribution in [3.63, 3.8) is 0 Å². The second-order valence-electron chi connectivity index (χ2n) is 2.63. The molecule has 0 aromatic heterocycles. The minimum atomic E-state index is 0. The summed E-state index contributed by atoms with van der Waals surface area (Å²) in [5.41, 5.74) is 3.18. The van der Waals surface area contributed by atoms with Crippen LogP contribution in [0.5, 0.6) is 5.75 Å². The zero-order valence-electron chi connectivity index (χ0n) is 7.56. The van der Waals surface area contributed by atoms with E-state index in [0.29, 0.717) is 0 Å². The van der Waals surface area contributed by atoms with Gasteiger partial charge in [-0.3, -0.25) is 0 Å². The molecule has 0 unspecified atom stereocenters. The smallest absolute Gasteiger partial charge is 0.872 e. The van der Waals surface area contributed by atoms with E-state index in [1.807, 2.05) is 26.8 Å². The Bertz CT molecular complexity index is 229. The summed E-state index contributed by atoms with van der Waals surface area (Å²) in [6.45, 7) is 5.86. The van der Waals surface area contributed by atoms with Crippen LogP contribution in [-0.4, -0.2) is 0 Å². The Morgan fingerprint density at radius 2 is 1.55 bits per heavy atom. The van der Waals surface area contributed by atoms with Crippen molar-refractivity contribution in [1.82, 2.24) is 0 Å². The van der Waals surface area contributed by atoms with Crippen LogP contribution >= 0.6 is 0 Å². The van der Waals surface area contributed by atoms with Crippen molar-refractivity contribution in [1.29, 1.82) is 0 Å². The van der Waals surface area contributed by atoms with Crippen molar-refractivity contribution < 1.29 is 24.0 Å². The van der Waals surface area contributed by atoms with Gasteiger partial charge in [-0.15, -0.1) is 5.75 Å². The molecule has 0 amide bonds. The van der Waals surface area contributed by atoms with Crippen LogP contribution in [0.2, 0.25) is 0 Å². The maximum absolute atomic E-state index is 11.0. The Labute approximate surface area is 79.6 Å². The molecule has 0 aliphatic carbocycles. The van der Waals surface area contributed by atoms with Crippen LogP contribution in [0.25, 0.3) is 0 Å². The van der Waals surface area contributed by atoms with Gasteiger partial charge in [0.25, 0.3) is 0 Å². The quantitative estimate of drug-likeness (QED) is 0.412. The molecule has 2 heteroatoms. The summed E-state index contributed by atoms with van der Waals surface area (Å²) in [6, 6.07) is 3.49. The molecule has 1 aromatic rings. The summed E-state index contributed by atoms with van der Waals surface area (Å²) in [4.78, 5) is 0. The van der Waals surface area contributed by atoms with Crippen LogP contribution in [0.1, 0.15) is 16.7 Å². The van der Waals surface area contributed by atoms with E-state index in [1.54, 1.807) is 6.07 Å². The first-order valence-corrected chi connectivity index (χ1v) is 3.36. The molecule has 0 saturated heterocycles. The van der Waals surface area contributed by atoms with Gasteiger partial charge in [0.2, 0.25) is 0 Å². The van der Waals surface area contributed by atoms with Crippen molar-refractivity contribution in [2.24, 2.45) is 0 Å². The normalized spacial score (nSPS) is 9.00. The van der Waals surface area contributed by atoms with Crippen molar-refractivity contribution >= 4 is 0 Å². The molecule has 11 heavy (non-hydrogen) atoms. The van der Waals surface area contributed by atoms with E-state index in [4.69, 9.17) is 0 Å². The molecule has 0 aliphatic heterocycles. The summed E-state index contributed by atoms with van der Waals surface area (Å²) < 4.78 is 0. The molecule has 54 valence electrons. The predicted octanol–water partition coefficient (Wildman–Crippen LogP) is -1.31. The van der Waals surface area contributed by atoms with E-state index in [-0.39, 0.29) is 24.6 Å². The summed E-state index contributed by atoms with van der Waals surface area (Å²) in [5.74, 6) is 0.142. The molecule has 0 saturated carbocycles. The number of rotatable bonds is 0. The monoisotopic (exact) mass is 142 g/mol. The number of hydrogen-bond acceptors (Lipinski definition) is 1. The van der Waals surface area contributed by atoms with Crippen LogP contribution in [0.15, 0.2) is 12.1 Å². The van der Waals surface area contributed by atoms with Crippen LogP contribution in [0.4, 0.5) is 0 Å². The van der Waals surface area contributed by atoms with Gasteiger partial charge in [0.15, 0.2) is 0 Å². The molecule has 0 spiro atoms. The summed E-state index contributed by atoms with van der Waals surface area (Å²) in [5, 5.41) is 11.0. The molecule has 0 fully saturated rings. The minimum Gasteiger partial charge on any atom is -0.872 e. The van der Waals surface area contributed by atoms with Crippen LogP contribution in [-0.2, 0) is 0 Å². The van der Waals surface area contributed by atoms with Crippen LogP contribution in [0, 0.1) is 20.8 Å². The Hall–Kier alpha value is -0.383. The first-order valence-electron chi connectivity index (χ1n) is 3.36. The van der Waals surface area contributed by atoms with Crippen molar-refractivity contribution in [2.75, 3.05) is 0 Å². The molecular formula is C9H11LiO. The fraction of sp³-hybridized carbons (Fsp3) is 0.333. The van der Waals surface area contributed by atoms with E-state index in [9.17, 15) is 5.11 Å². The van der Waals surface area contributed by atoms with E-state index in [1.165, 1.54) is 5.56 Å². The molecule has 1 nitrogen and oxygen atoms in total. The third-order valence-electron chi connectivity index (χ3n) is 2.01. The Kier molecular flexibility index (Phi) is 3.72. The standard InChI is InChI=1S/C9H12O.Li/c1-6-4-5-9(10)8(3)7(6)2;/h4-5,10H,1-3H3;/q;+1/p-1. The zero-order chi connectivity index (χ0) is 7.72. The second kappa shape index (κ2) is 3.85. The number of aryl methyl sites for hydroxylation is 1. The first-order chi connectivity index (χ1) is 4.63. The first kappa shape index (κ1) is 10.6. The molecule has 1 aromatic carbocycles. The molecule has 0 atom stereocenters. The molecule has 1 rings (SSSR count). The van der Waals surface area contributed by atoms with E-state index in [2.05, 4.69) is 0 Å². The molecule has 0 radical (unpaired) electrons. The van der Waals surface area contributed by atoms with Crippen molar-refractivity contribution in [3.05, 3.63) is 28.8 Å². The average molecular weight is 142 g/mol. The molecule has 0 N–H and O–H groups in total. The van der Waals surface area contributed by atoms with Gasteiger partial charge in [-0.2, -0.15) is 0 Å². The molecule has 0 aliphatic rings. The average Bonchev–Trinajstić information content (AvgIpc) is 1.93. The maximum Gasteiger partial charge on any atom is 1.00 e. The zero-order valence-corrected chi connectivity index (χ0v) is 7.56. The van der Waals surface area contributed by atoms with Gasteiger partial charge in [0.1, 0.15) is 0 Å². The molecular weight excluding hydrogens is 131 g/mol.